The minimum atomic E-state index is -3.95. The number of halogens is 1. The first-order valence-electron chi connectivity index (χ1n) is 8.56. The van der Waals surface area contributed by atoms with Crippen LogP contribution in [0.3, 0.4) is 0 Å². The molecule has 0 unspecified atom stereocenters. The molecule has 1 aromatic heterocycles. The number of aromatic nitrogens is 1. The first-order valence-corrected chi connectivity index (χ1v) is 10.8. The highest BCUT2D eigenvalue weighted by atomic mass is 79.9. The van der Waals surface area contributed by atoms with Gasteiger partial charge in [-0.25, -0.2) is 8.42 Å². The number of hydrogen-bond acceptors (Lipinski definition) is 6. The Hall–Kier alpha value is -2.57. The predicted molar refractivity (Wildman–Crippen MR) is 106 cm³/mol. The molecule has 29 heavy (non-hydrogen) atoms. The first-order chi connectivity index (χ1) is 13.8. The van der Waals surface area contributed by atoms with Crippen LogP contribution in [-0.2, 0) is 14.8 Å². The van der Waals surface area contributed by atoms with E-state index in [1.54, 1.807) is 6.20 Å². The Labute approximate surface area is 175 Å². The van der Waals surface area contributed by atoms with Gasteiger partial charge in [0.2, 0.25) is 10.0 Å². The molecule has 3 rings (SSSR count). The zero-order valence-electron chi connectivity index (χ0n) is 15.4. The molecular formula is C17H19BrN4O6S. The molecule has 0 saturated carbocycles. The summed E-state index contributed by atoms with van der Waals surface area (Å²) in [5, 5.41) is 0. The highest BCUT2D eigenvalue weighted by Gasteiger charge is 2.25. The smallest absolute Gasteiger partial charge is 0.286 e. The molecule has 2 aromatic rings. The number of nitrogens with zero attached hydrogens (tertiary/aromatic N) is 1. The Morgan fingerprint density at radius 2 is 1.90 bits per heavy atom. The Morgan fingerprint density at radius 1 is 1.17 bits per heavy atom. The molecule has 0 bridgehead atoms. The summed E-state index contributed by atoms with van der Waals surface area (Å²) in [7, 11) is -2.69. The van der Waals surface area contributed by atoms with Crippen LogP contribution in [0.15, 0.2) is 39.8 Å². The van der Waals surface area contributed by atoms with E-state index in [4.69, 9.17) is 9.47 Å². The van der Waals surface area contributed by atoms with E-state index in [9.17, 15) is 18.0 Å². The largest absolute Gasteiger partial charge is 0.490 e. The van der Waals surface area contributed by atoms with Crippen LogP contribution in [0.5, 0.6) is 11.5 Å². The molecule has 3 N–H and O–H groups in total. The van der Waals surface area contributed by atoms with Crippen LogP contribution in [0.4, 0.5) is 0 Å². The number of sulfonamides is 1. The van der Waals surface area contributed by atoms with E-state index < -0.39 is 28.4 Å². The third kappa shape index (κ3) is 5.08. The number of hydrazine groups is 1. The number of fused-ring (bicyclic) bond motifs is 1. The zero-order valence-corrected chi connectivity index (χ0v) is 17.8. The Bertz CT molecular complexity index is 1020. The summed E-state index contributed by atoms with van der Waals surface area (Å²) in [5.74, 6) is -0.465. The molecule has 0 fully saturated rings. The lowest BCUT2D eigenvalue weighted by molar-refractivity contribution is -0.121. The summed E-state index contributed by atoms with van der Waals surface area (Å²) in [6.07, 6.45) is 2.26. The third-order valence-corrected chi connectivity index (χ3v) is 6.26. The summed E-state index contributed by atoms with van der Waals surface area (Å²) < 4.78 is 38.1. The van der Waals surface area contributed by atoms with Gasteiger partial charge in [0.25, 0.3) is 11.8 Å². The van der Waals surface area contributed by atoms with Gasteiger partial charge in [-0.1, -0.05) is 0 Å². The Balaban J connectivity index is 1.61. The fourth-order valence-electron chi connectivity index (χ4n) is 2.50. The number of aromatic amines is 1. The van der Waals surface area contributed by atoms with E-state index >= 15 is 0 Å². The van der Waals surface area contributed by atoms with Gasteiger partial charge >= 0.3 is 0 Å². The second-order valence-electron chi connectivity index (χ2n) is 6.15. The van der Waals surface area contributed by atoms with Crippen LogP contribution in [0.25, 0.3) is 0 Å². The van der Waals surface area contributed by atoms with E-state index in [0.717, 1.165) is 4.31 Å². The zero-order chi connectivity index (χ0) is 21.0. The normalized spacial score (nSPS) is 13.6. The lowest BCUT2D eigenvalue weighted by Gasteiger charge is -2.18. The Morgan fingerprint density at radius 3 is 2.59 bits per heavy atom. The van der Waals surface area contributed by atoms with Gasteiger partial charge in [-0.05, 0) is 34.1 Å². The molecule has 0 radical (unpaired) electrons. The molecule has 2 amide bonds. The van der Waals surface area contributed by atoms with Crippen molar-refractivity contribution < 1.29 is 27.5 Å². The number of nitrogens with one attached hydrogen (secondary N) is 3. The molecule has 1 aliphatic heterocycles. The maximum atomic E-state index is 12.8. The van der Waals surface area contributed by atoms with Gasteiger partial charge in [0, 0.05) is 30.2 Å². The van der Waals surface area contributed by atoms with Crippen molar-refractivity contribution in [1.82, 2.24) is 20.1 Å². The molecule has 0 atom stereocenters. The van der Waals surface area contributed by atoms with Crippen LogP contribution in [0, 0.1) is 0 Å². The number of benzene rings is 1. The molecule has 0 saturated heterocycles. The molecule has 0 aliphatic carbocycles. The number of amides is 2. The number of carbonyl (C=O) groups is 2. The van der Waals surface area contributed by atoms with Gasteiger partial charge in [0.1, 0.15) is 5.69 Å². The SMILES string of the molecule is CN(CC(=O)NNC(=O)c1cc(Br)c[nH]1)S(=O)(=O)c1ccc2c(c1)OCCCO2. The Kier molecular flexibility index (Phi) is 6.45. The quantitative estimate of drug-likeness (QED) is 0.540. The van der Waals surface area contributed by atoms with Crippen molar-refractivity contribution >= 4 is 37.8 Å². The van der Waals surface area contributed by atoms with E-state index in [1.807, 2.05) is 0 Å². The molecule has 1 aromatic carbocycles. The summed E-state index contributed by atoms with van der Waals surface area (Å²) in [6, 6.07) is 5.82. The highest BCUT2D eigenvalue weighted by Crippen LogP contribution is 2.32. The number of ether oxygens (including phenoxy) is 2. The molecule has 2 heterocycles. The van der Waals surface area contributed by atoms with Crippen LogP contribution >= 0.6 is 15.9 Å². The average Bonchev–Trinajstić information content (AvgIpc) is 2.98. The predicted octanol–water partition coefficient (Wildman–Crippen LogP) is 1.02. The van der Waals surface area contributed by atoms with Gasteiger partial charge in [-0.15, -0.1) is 0 Å². The molecule has 12 heteroatoms. The fourth-order valence-corrected chi connectivity index (χ4v) is 3.99. The molecule has 1 aliphatic rings. The van der Waals surface area contributed by atoms with Crippen molar-refractivity contribution in [3.63, 3.8) is 0 Å². The number of rotatable bonds is 5. The maximum absolute atomic E-state index is 12.8. The van der Waals surface area contributed by atoms with E-state index in [0.29, 0.717) is 35.6 Å². The van der Waals surface area contributed by atoms with Crippen LogP contribution in [0.2, 0.25) is 0 Å². The summed E-state index contributed by atoms with van der Waals surface area (Å²) >= 11 is 3.20. The monoisotopic (exact) mass is 486 g/mol. The van der Waals surface area contributed by atoms with Gasteiger partial charge < -0.3 is 14.5 Å². The summed E-state index contributed by atoms with van der Waals surface area (Å²) in [6.45, 7) is 0.418. The van der Waals surface area contributed by atoms with Crippen LogP contribution < -0.4 is 20.3 Å². The van der Waals surface area contributed by atoms with Gasteiger partial charge in [0.15, 0.2) is 11.5 Å². The van der Waals surface area contributed by atoms with Gasteiger partial charge in [-0.2, -0.15) is 4.31 Å². The standard InChI is InChI=1S/C17H19BrN4O6S/c1-22(10-16(23)20-21-17(24)13-7-11(18)9-19-13)29(25,26)12-3-4-14-15(8-12)28-6-2-5-27-14/h3-4,7-9,19H,2,5-6,10H2,1H3,(H,20,23)(H,21,24). The van der Waals surface area contributed by atoms with Gasteiger partial charge in [-0.3, -0.25) is 20.4 Å². The molecule has 156 valence electrons. The van der Waals surface area contributed by atoms with Gasteiger partial charge in [0.05, 0.1) is 24.7 Å². The number of hydrogen-bond donors (Lipinski definition) is 3. The highest BCUT2D eigenvalue weighted by molar-refractivity contribution is 9.10. The second kappa shape index (κ2) is 8.84. The topological polar surface area (TPSA) is 130 Å². The fraction of sp³-hybridized carbons (Fsp3) is 0.294. The van der Waals surface area contributed by atoms with E-state index in [1.165, 1.54) is 31.3 Å². The summed E-state index contributed by atoms with van der Waals surface area (Å²) in [5.41, 5.74) is 4.61. The second-order valence-corrected chi connectivity index (χ2v) is 9.11. The van der Waals surface area contributed by atoms with Crippen molar-refractivity contribution in [1.29, 1.82) is 0 Å². The molecular weight excluding hydrogens is 468 g/mol. The lowest BCUT2D eigenvalue weighted by atomic mass is 10.3. The van der Waals surface area contributed by atoms with Crippen LogP contribution in [0.1, 0.15) is 16.9 Å². The average molecular weight is 487 g/mol. The van der Waals surface area contributed by atoms with Crippen molar-refractivity contribution in [2.75, 3.05) is 26.8 Å². The number of likely N-dealkylation sites (N-methyl/N-ethyl adjacent to an activating group) is 1. The lowest BCUT2D eigenvalue weighted by Crippen LogP contribution is -2.46. The van der Waals surface area contributed by atoms with Crippen molar-refractivity contribution in [2.45, 2.75) is 11.3 Å². The van der Waals surface area contributed by atoms with Crippen molar-refractivity contribution in [3.8, 4) is 11.5 Å². The molecule has 10 nitrogen and oxygen atoms in total. The first kappa shape index (κ1) is 21.1. The van der Waals surface area contributed by atoms with E-state index in [-0.39, 0.29) is 10.6 Å². The van der Waals surface area contributed by atoms with Crippen molar-refractivity contribution in [3.05, 3.63) is 40.6 Å². The molecule has 0 spiro atoms. The number of carbonyl (C=O) groups excluding carboxylic acids is 2. The maximum Gasteiger partial charge on any atom is 0.286 e. The van der Waals surface area contributed by atoms with E-state index in [2.05, 4.69) is 31.8 Å². The number of H-pyrrole nitrogens is 1. The minimum Gasteiger partial charge on any atom is -0.490 e. The summed E-state index contributed by atoms with van der Waals surface area (Å²) in [4.78, 5) is 26.6. The minimum absolute atomic E-state index is 0.0303. The third-order valence-electron chi connectivity index (χ3n) is 4.00. The van der Waals surface area contributed by atoms with Crippen molar-refractivity contribution in [2.24, 2.45) is 0 Å². The van der Waals surface area contributed by atoms with Crippen LogP contribution in [-0.4, -0.2) is 56.3 Å².